The summed E-state index contributed by atoms with van der Waals surface area (Å²) in [5.74, 6) is 2.19. The number of rotatable bonds is 7. The van der Waals surface area contributed by atoms with E-state index < -0.39 is 5.25 Å². The maximum Gasteiger partial charge on any atom is 0.238 e. The standard InChI is InChI=1S/C22H21N5O3S/c1-14-12-19(26-30-14)23-21(28)15(2)31-22-25-24-20(16-8-7-11-18(13-16)29-3)27(22)17-9-5-4-6-10-17/h4-13,15H,1-3H3,(H,23,26,28). The average Bonchev–Trinajstić information content (AvgIpc) is 3.40. The fraction of sp³-hybridized carbons (Fsp3) is 0.182. The van der Waals surface area contributed by atoms with Crippen molar-refractivity contribution < 1.29 is 14.1 Å². The van der Waals surface area contributed by atoms with Gasteiger partial charge in [0.1, 0.15) is 11.5 Å². The molecule has 2 heterocycles. The van der Waals surface area contributed by atoms with Crippen LogP contribution in [0.25, 0.3) is 17.1 Å². The van der Waals surface area contributed by atoms with Crippen LogP contribution >= 0.6 is 11.8 Å². The predicted molar refractivity (Wildman–Crippen MR) is 119 cm³/mol. The first-order chi connectivity index (χ1) is 15.0. The van der Waals surface area contributed by atoms with Crippen LogP contribution in [0, 0.1) is 6.92 Å². The van der Waals surface area contributed by atoms with E-state index in [1.807, 2.05) is 66.1 Å². The summed E-state index contributed by atoms with van der Waals surface area (Å²) in [4.78, 5) is 12.6. The van der Waals surface area contributed by atoms with Crippen molar-refractivity contribution in [3.05, 3.63) is 66.4 Å². The summed E-state index contributed by atoms with van der Waals surface area (Å²) in [5, 5.41) is 15.5. The van der Waals surface area contributed by atoms with Crippen molar-refractivity contribution >= 4 is 23.5 Å². The molecule has 0 saturated carbocycles. The van der Waals surface area contributed by atoms with Gasteiger partial charge in [0.05, 0.1) is 12.4 Å². The first-order valence-electron chi connectivity index (χ1n) is 9.61. The summed E-state index contributed by atoms with van der Waals surface area (Å²) in [6.07, 6.45) is 0. The number of benzene rings is 2. The van der Waals surface area contributed by atoms with Crippen LogP contribution in [0.3, 0.4) is 0 Å². The molecule has 4 rings (SSSR count). The highest BCUT2D eigenvalue weighted by atomic mass is 32.2. The second-order valence-corrected chi connectivity index (χ2v) is 8.09. The SMILES string of the molecule is COc1cccc(-c2nnc(SC(C)C(=O)Nc3cc(C)on3)n2-c2ccccc2)c1. The molecule has 9 heteroatoms. The van der Waals surface area contributed by atoms with Crippen LogP contribution in [0.4, 0.5) is 5.82 Å². The lowest BCUT2D eigenvalue weighted by atomic mass is 10.2. The molecule has 0 aliphatic rings. The number of carbonyl (C=O) groups is 1. The van der Waals surface area contributed by atoms with Crippen molar-refractivity contribution in [1.29, 1.82) is 0 Å². The number of carbonyl (C=O) groups excluding carboxylic acids is 1. The van der Waals surface area contributed by atoms with Crippen molar-refractivity contribution in [3.8, 4) is 22.8 Å². The van der Waals surface area contributed by atoms with Gasteiger partial charge in [0.2, 0.25) is 5.91 Å². The second-order valence-electron chi connectivity index (χ2n) is 6.78. The van der Waals surface area contributed by atoms with E-state index in [0.29, 0.717) is 22.6 Å². The molecule has 4 aromatic rings. The molecule has 31 heavy (non-hydrogen) atoms. The van der Waals surface area contributed by atoms with Gasteiger partial charge in [-0.05, 0) is 38.1 Å². The Kier molecular flexibility index (Phi) is 6.03. The van der Waals surface area contributed by atoms with E-state index >= 15 is 0 Å². The lowest BCUT2D eigenvalue weighted by Gasteiger charge is -2.13. The smallest absolute Gasteiger partial charge is 0.238 e. The summed E-state index contributed by atoms with van der Waals surface area (Å²) >= 11 is 1.31. The van der Waals surface area contributed by atoms with Gasteiger partial charge in [-0.25, -0.2) is 0 Å². The zero-order valence-corrected chi connectivity index (χ0v) is 18.1. The molecule has 0 saturated heterocycles. The maximum absolute atomic E-state index is 12.6. The number of methoxy groups -OCH3 is 1. The Hall–Kier alpha value is -3.59. The molecule has 2 aromatic carbocycles. The monoisotopic (exact) mass is 435 g/mol. The Labute approximate surface area is 183 Å². The molecule has 0 aliphatic heterocycles. The number of thioether (sulfide) groups is 1. The van der Waals surface area contributed by atoms with Gasteiger partial charge in [-0.1, -0.05) is 47.3 Å². The van der Waals surface area contributed by atoms with Crippen molar-refractivity contribution in [1.82, 2.24) is 19.9 Å². The molecule has 8 nitrogen and oxygen atoms in total. The highest BCUT2D eigenvalue weighted by Gasteiger charge is 2.22. The first kappa shape index (κ1) is 20.7. The minimum Gasteiger partial charge on any atom is -0.497 e. The van der Waals surface area contributed by atoms with Gasteiger partial charge in [0, 0.05) is 17.3 Å². The Morgan fingerprint density at radius 3 is 2.65 bits per heavy atom. The number of hydrogen-bond acceptors (Lipinski definition) is 7. The van der Waals surface area contributed by atoms with Crippen molar-refractivity contribution in [2.24, 2.45) is 0 Å². The molecule has 0 spiro atoms. The minimum atomic E-state index is -0.443. The molecule has 1 atom stereocenters. The number of aromatic nitrogens is 4. The number of anilines is 1. The molecule has 0 fully saturated rings. The fourth-order valence-corrected chi connectivity index (χ4v) is 3.84. The quantitative estimate of drug-likeness (QED) is 0.431. The van der Waals surface area contributed by atoms with Crippen LogP contribution in [-0.4, -0.2) is 38.2 Å². The van der Waals surface area contributed by atoms with Crippen LogP contribution in [0.2, 0.25) is 0 Å². The number of aryl methyl sites for hydroxylation is 1. The molecule has 158 valence electrons. The van der Waals surface area contributed by atoms with Gasteiger partial charge in [0.25, 0.3) is 0 Å². The highest BCUT2D eigenvalue weighted by molar-refractivity contribution is 8.00. The number of hydrogen-bond donors (Lipinski definition) is 1. The zero-order chi connectivity index (χ0) is 21.8. The van der Waals surface area contributed by atoms with Crippen molar-refractivity contribution in [3.63, 3.8) is 0 Å². The molecule has 1 amide bonds. The van der Waals surface area contributed by atoms with Gasteiger partial charge in [-0.2, -0.15) is 0 Å². The third-order valence-electron chi connectivity index (χ3n) is 4.51. The molecule has 0 bridgehead atoms. The minimum absolute atomic E-state index is 0.205. The fourth-order valence-electron chi connectivity index (χ4n) is 2.97. The van der Waals surface area contributed by atoms with E-state index in [1.54, 1.807) is 20.1 Å². The maximum atomic E-state index is 12.6. The second kappa shape index (κ2) is 9.05. The molecular formula is C22H21N5O3S. The Balaban J connectivity index is 1.66. The third kappa shape index (κ3) is 4.61. The Morgan fingerprint density at radius 2 is 1.94 bits per heavy atom. The molecule has 0 radical (unpaired) electrons. The topological polar surface area (TPSA) is 95.1 Å². The van der Waals surface area contributed by atoms with E-state index in [4.69, 9.17) is 9.26 Å². The molecule has 0 aliphatic carbocycles. The van der Waals surface area contributed by atoms with E-state index in [9.17, 15) is 4.79 Å². The molecular weight excluding hydrogens is 414 g/mol. The summed E-state index contributed by atoms with van der Waals surface area (Å²) in [7, 11) is 1.62. The molecule has 1 N–H and O–H groups in total. The van der Waals surface area contributed by atoms with Gasteiger partial charge >= 0.3 is 0 Å². The summed E-state index contributed by atoms with van der Waals surface area (Å²) in [5.41, 5.74) is 1.75. The number of ether oxygens (including phenoxy) is 1. The van der Waals surface area contributed by atoms with Crippen LogP contribution < -0.4 is 10.1 Å². The van der Waals surface area contributed by atoms with Crippen LogP contribution in [0.5, 0.6) is 5.75 Å². The third-order valence-corrected chi connectivity index (χ3v) is 5.55. The van der Waals surface area contributed by atoms with E-state index in [-0.39, 0.29) is 5.91 Å². The molecule has 2 aromatic heterocycles. The Morgan fingerprint density at radius 1 is 1.13 bits per heavy atom. The number of nitrogens with zero attached hydrogens (tertiary/aromatic N) is 4. The van der Waals surface area contributed by atoms with E-state index in [2.05, 4.69) is 20.7 Å². The normalized spacial score (nSPS) is 11.8. The van der Waals surface area contributed by atoms with E-state index in [0.717, 1.165) is 17.0 Å². The number of nitrogens with one attached hydrogen (secondary N) is 1. The van der Waals surface area contributed by atoms with Crippen LogP contribution in [0.1, 0.15) is 12.7 Å². The van der Waals surface area contributed by atoms with Crippen molar-refractivity contribution in [2.45, 2.75) is 24.3 Å². The molecule has 1 unspecified atom stereocenters. The number of para-hydroxylation sites is 1. The highest BCUT2D eigenvalue weighted by Crippen LogP contribution is 2.31. The van der Waals surface area contributed by atoms with Crippen molar-refractivity contribution in [2.75, 3.05) is 12.4 Å². The zero-order valence-electron chi connectivity index (χ0n) is 17.3. The van der Waals surface area contributed by atoms with Crippen LogP contribution in [0.15, 0.2) is 70.3 Å². The lowest BCUT2D eigenvalue weighted by molar-refractivity contribution is -0.115. The largest absolute Gasteiger partial charge is 0.497 e. The van der Waals surface area contributed by atoms with E-state index in [1.165, 1.54) is 11.8 Å². The van der Waals surface area contributed by atoms with Gasteiger partial charge in [0.15, 0.2) is 16.8 Å². The van der Waals surface area contributed by atoms with Gasteiger partial charge in [-0.15, -0.1) is 10.2 Å². The number of amides is 1. The van der Waals surface area contributed by atoms with Gasteiger partial charge in [-0.3, -0.25) is 9.36 Å². The van der Waals surface area contributed by atoms with Crippen LogP contribution in [-0.2, 0) is 4.79 Å². The Bertz CT molecular complexity index is 1190. The summed E-state index contributed by atoms with van der Waals surface area (Å²) in [6, 6.07) is 19.1. The lowest BCUT2D eigenvalue weighted by Crippen LogP contribution is -2.23. The predicted octanol–water partition coefficient (Wildman–Crippen LogP) is 4.36. The first-order valence-corrected chi connectivity index (χ1v) is 10.5. The summed E-state index contributed by atoms with van der Waals surface area (Å²) in [6.45, 7) is 3.57. The summed E-state index contributed by atoms with van der Waals surface area (Å²) < 4.78 is 12.3. The van der Waals surface area contributed by atoms with Gasteiger partial charge < -0.3 is 14.6 Å². The average molecular weight is 436 g/mol.